The molecule has 96 valence electrons. The summed E-state index contributed by atoms with van der Waals surface area (Å²) in [6.45, 7) is 0.0290. The van der Waals surface area contributed by atoms with Crippen LogP contribution < -0.4 is 0 Å². The van der Waals surface area contributed by atoms with Gasteiger partial charge in [-0.1, -0.05) is 12.1 Å². The van der Waals surface area contributed by atoms with Gasteiger partial charge in [0.1, 0.15) is 14.0 Å². The van der Waals surface area contributed by atoms with Gasteiger partial charge in [0.25, 0.3) is 11.8 Å². The Morgan fingerprint density at radius 3 is 2.32 bits per heavy atom. The smallest absolute Gasteiger partial charge is 0.261 e. The Labute approximate surface area is 111 Å². The first-order chi connectivity index (χ1) is 9.08. The van der Waals surface area contributed by atoms with Gasteiger partial charge >= 0.3 is 0 Å². The van der Waals surface area contributed by atoms with E-state index in [1.54, 1.807) is 24.3 Å². The lowest BCUT2D eigenvalue weighted by atomic mass is 9.96. The van der Waals surface area contributed by atoms with E-state index in [0.717, 1.165) is 4.90 Å². The maximum absolute atomic E-state index is 12.1. The minimum atomic E-state index is -0.751. The van der Waals surface area contributed by atoms with Gasteiger partial charge < -0.3 is 9.84 Å². The molecule has 19 heavy (non-hydrogen) atoms. The molecule has 1 N–H and O–H groups in total. The number of carbonyl (C=O) groups excluding carboxylic acids is 2. The number of nitrogens with zero attached hydrogens (tertiary/aromatic N) is 1. The fraction of sp³-hybridized carbons (Fsp3) is 0.385. The molecule has 3 atom stereocenters. The Bertz CT molecular complexity index is 512. The minimum Gasteiger partial charge on any atom is -0.390 e. The van der Waals surface area contributed by atoms with Crippen LogP contribution in [0.2, 0.25) is 0 Å². The number of benzene rings is 1. The van der Waals surface area contributed by atoms with Crippen molar-refractivity contribution in [3.05, 3.63) is 35.4 Å². The predicted molar refractivity (Wildman–Crippen MR) is 66.8 cm³/mol. The summed E-state index contributed by atoms with van der Waals surface area (Å²) in [6.07, 6.45) is -1.05. The summed E-state index contributed by atoms with van der Waals surface area (Å²) in [6, 6.07) is 6.12. The number of amides is 2. The molecule has 2 radical (unpaired) electrons. The summed E-state index contributed by atoms with van der Waals surface area (Å²) in [5.41, 5.74) is 0.786. The monoisotopic (exact) mass is 257 g/mol. The second-order valence-electron chi connectivity index (χ2n) is 4.78. The number of aliphatic hydroxyl groups excluding tert-OH is 1. The van der Waals surface area contributed by atoms with E-state index < -0.39 is 18.2 Å². The number of fused-ring (bicyclic) bond motifs is 1. The molecule has 0 unspecified atom stereocenters. The normalized spacial score (nSPS) is 29.9. The second-order valence-corrected chi connectivity index (χ2v) is 4.78. The van der Waals surface area contributed by atoms with E-state index >= 15 is 0 Å². The second kappa shape index (κ2) is 4.47. The fourth-order valence-electron chi connectivity index (χ4n) is 2.51. The van der Waals surface area contributed by atoms with Crippen molar-refractivity contribution in [2.75, 3.05) is 6.54 Å². The molecule has 2 amide bonds. The maximum Gasteiger partial charge on any atom is 0.261 e. The molecule has 0 aliphatic carbocycles. The van der Waals surface area contributed by atoms with Crippen molar-refractivity contribution in [2.45, 2.75) is 24.6 Å². The first kappa shape index (κ1) is 12.4. The molecule has 0 spiro atoms. The predicted octanol–water partition coefficient (Wildman–Crippen LogP) is -0.0730. The number of carbonyl (C=O) groups is 2. The van der Waals surface area contributed by atoms with Crippen molar-refractivity contribution in [1.29, 1.82) is 0 Å². The molecule has 0 bridgehead atoms. The van der Waals surface area contributed by atoms with Crippen LogP contribution >= 0.6 is 0 Å². The van der Waals surface area contributed by atoms with Crippen LogP contribution in [0.25, 0.3) is 0 Å². The number of ether oxygens (including phenoxy) is 1. The zero-order chi connectivity index (χ0) is 13.6. The van der Waals surface area contributed by atoms with E-state index in [1.807, 2.05) is 0 Å². The molecule has 0 saturated carbocycles. The summed E-state index contributed by atoms with van der Waals surface area (Å²) in [7, 11) is 5.57. The highest BCUT2D eigenvalue weighted by Crippen LogP contribution is 2.26. The van der Waals surface area contributed by atoms with Gasteiger partial charge in [-0.15, -0.1) is 0 Å². The molecule has 3 rings (SSSR count). The average Bonchev–Trinajstić information content (AvgIpc) is 2.83. The summed E-state index contributed by atoms with van der Waals surface area (Å²) >= 11 is 0. The maximum atomic E-state index is 12.1. The van der Waals surface area contributed by atoms with Crippen molar-refractivity contribution >= 4 is 19.7 Å². The standard InChI is InChI=1S/C13H12BNO4/c14-11-5-9(16)10(19-11)6-15-12(17)7-3-1-2-4-8(7)13(15)18/h1-4,9-11,16H,5-6H2/t9-,10-,11-/m1/s1. The van der Waals surface area contributed by atoms with Gasteiger partial charge in [-0.2, -0.15) is 0 Å². The molecule has 0 aromatic heterocycles. The van der Waals surface area contributed by atoms with Crippen LogP contribution in [0.3, 0.4) is 0 Å². The van der Waals surface area contributed by atoms with E-state index in [2.05, 4.69) is 0 Å². The lowest BCUT2D eigenvalue weighted by molar-refractivity contribution is 0.0111. The third-order valence-corrected chi connectivity index (χ3v) is 3.49. The van der Waals surface area contributed by atoms with Crippen molar-refractivity contribution in [3.8, 4) is 0 Å². The Morgan fingerprint density at radius 1 is 1.26 bits per heavy atom. The van der Waals surface area contributed by atoms with E-state index in [-0.39, 0.29) is 18.4 Å². The highest BCUT2D eigenvalue weighted by atomic mass is 16.5. The van der Waals surface area contributed by atoms with Crippen molar-refractivity contribution in [1.82, 2.24) is 4.90 Å². The van der Waals surface area contributed by atoms with Gasteiger partial charge in [-0.3, -0.25) is 14.5 Å². The Hall–Kier alpha value is -1.66. The molecule has 2 aliphatic heterocycles. The summed E-state index contributed by atoms with van der Waals surface area (Å²) in [5, 5.41) is 9.75. The van der Waals surface area contributed by atoms with Gasteiger partial charge in [0.2, 0.25) is 0 Å². The number of imide groups is 1. The van der Waals surface area contributed by atoms with Crippen LogP contribution in [-0.4, -0.2) is 54.4 Å². The first-order valence-corrected chi connectivity index (χ1v) is 6.12. The van der Waals surface area contributed by atoms with Crippen molar-refractivity contribution in [3.63, 3.8) is 0 Å². The molecule has 1 saturated heterocycles. The van der Waals surface area contributed by atoms with Gasteiger partial charge in [-0.25, -0.2) is 0 Å². The van der Waals surface area contributed by atoms with Gasteiger partial charge in [0.05, 0.1) is 23.8 Å². The van der Waals surface area contributed by atoms with Gasteiger partial charge in [0.15, 0.2) is 0 Å². The molecule has 1 aromatic rings. The molecular weight excluding hydrogens is 245 g/mol. The van der Waals surface area contributed by atoms with E-state index in [0.29, 0.717) is 17.5 Å². The van der Waals surface area contributed by atoms with Crippen LogP contribution in [0.5, 0.6) is 0 Å². The number of hydrogen-bond donors (Lipinski definition) is 1. The Balaban J connectivity index is 1.81. The quantitative estimate of drug-likeness (QED) is 0.594. The molecule has 6 heteroatoms. The molecule has 2 heterocycles. The van der Waals surface area contributed by atoms with E-state index in [9.17, 15) is 14.7 Å². The fourth-order valence-corrected chi connectivity index (χ4v) is 2.51. The van der Waals surface area contributed by atoms with Crippen LogP contribution in [0.4, 0.5) is 0 Å². The minimum absolute atomic E-state index is 0.0290. The average molecular weight is 257 g/mol. The topological polar surface area (TPSA) is 66.8 Å². The third-order valence-electron chi connectivity index (χ3n) is 3.49. The first-order valence-electron chi connectivity index (χ1n) is 6.12. The van der Waals surface area contributed by atoms with Gasteiger partial charge in [0, 0.05) is 6.00 Å². The Morgan fingerprint density at radius 2 is 1.84 bits per heavy atom. The van der Waals surface area contributed by atoms with Crippen LogP contribution in [0.1, 0.15) is 27.1 Å². The molecule has 5 nitrogen and oxygen atoms in total. The van der Waals surface area contributed by atoms with Gasteiger partial charge in [-0.05, 0) is 18.6 Å². The van der Waals surface area contributed by atoms with Crippen molar-refractivity contribution in [2.24, 2.45) is 0 Å². The number of hydrogen-bond acceptors (Lipinski definition) is 4. The zero-order valence-electron chi connectivity index (χ0n) is 10.2. The lowest BCUT2D eigenvalue weighted by Gasteiger charge is -2.20. The van der Waals surface area contributed by atoms with Crippen LogP contribution in [0.15, 0.2) is 24.3 Å². The summed E-state index contributed by atoms with van der Waals surface area (Å²) in [5.74, 6) is -0.700. The molecular formula is C13H12BNO4. The van der Waals surface area contributed by atoms with Crippen LogP contribution in [0, 0.1) is 0 Å². The molecule has 1 fully saturated rings. The molecule has 2 aliphatic rings. The van der Waals surface area contributed by atoms with E-state index in [4.69, 9.17) is 12.6 Å². The Kier molecular flexibility index (Phi) is 2.91. The molecule has 1 aromatic carbocycles. The zero-order valence-corrected chi connectivity index (χ0v) is 10.2. The lowest BCUT2D eigenvalue weighted by Crippen LogP contribution is -2.40. The van der Waals surface area contributed by atoms with Crippen LogP contribution in [-0.2, 0) is 4.74 Å². The van der Waals surface area contributed by atoms with Crippen molar-refractivity contribution < 1.29 is 19.4 Å². The highest BCUT2D eigenvalue weighted by molar-refractivity contribution is 6.21. The SMILES string of the molecule is [B][C@H]1C[C@@H](O)[C@@H](CN2C(=O)c3ccccc3C2=O)O1. The number of aliphatic hydroxyl groups is 1. The summed E-state index contributed by atoms with van der Waals surface area (Å²) in [4.78, 5) is 25.3. The summed E-state index contributed by atoms with van der Waals surface area (Å²) < 4.78 is 5.31. The number of rotatable bonds is 2. The largest absolute Gasteiger partial charge is 0.390 e. The highest BCUT2D eigenvalue weighted by Gasteiger charge is 2.40. The third kappa shape index (κ3) is 1.97. The van der Waals surface area contributed by atoms with E-state index in [1.165, 1.54) is 0 Å².